The Morgan fingerprint density at radius 3 is 2.83 bits per heavy atom. The first-order valence-electron chi connectivity index (χ1n) is 3.41. The third kappa shape index (κ3) is 1.54. The molecule has 0 spiro atoms. The van der Waals surface area contributed by atoms with Crippen LogP contribution in [-0.4, -0.2) is 13.4 Å². The lowest BCUT2D eigenvalue weighted by molar-refractivity contribution is 0.112. The van der Waals surface area contributed by atoms with Crippen LogP contribution in [0.15, 0.2) is 18.2 Å². The minimum atomic E-state index is 0.480. The van der Waals surface area contributed by atoms with E-state index in [1.165, 1.54) is 7.11 Å². The Kier molecular flexibility index (Phi) is 2.66. The van der Waals surface area contributed by atoms with Crippen molar-refractivity contribution in [2.45, 2.75) is 0 Å². The first-order chi connectivity index (χ1) is 5.81. The fourth-order valence-corrected chi connectivity index (χ4v) is 0.916. The van der Waals surface area contributed by atoms with Gasteiger partial charge in [0.15, 0.2) is 6.29 Å². The molecule has 0 unspecified atom stereocenters. The molecule has 0 bridgehead atoms. The lowest BCUT2D eigenvalue weighted by atomic mass is 10.2. The molecule has 1 aromatic rings. The number of methoxy groups -OCH3 is 1. The van der Waals surface area contributed by atoms with Crippen molar-refractivity contribution in [1.29, 1.82) is 0 Å². The van der Waals surface area contributed by atoms with Crippen LogP contribution >= 0.6 is 0 Å². The Morgan fingerprint density at radius 2 is 2.33 bits per heavy atom. The van der Waals surface area contributed by atoms with Gasteiger partial charge in [-0.2, -0.15) is 0 Å². The van der Waals surface area contributed by atoms with Crippen molar-refractivity contribution < 1.29 is 9.53 Å². The van der Waals surface area contributed by atoms with E-state index in [4.69, 9.17) is 10.6 Å². The van der Waals surface area contributed by atoms with E-state index in [0.29, 0.717) is 17.0 Å². The summed E-state index contributed by atoms with van der Waals surface area (Å²) >= 11 is 0. The molecule has 1 rings (SSSR count). The summed E-state index contributed by atoms with van der Waals surface area (Å²) in [6.45, 7) is 0. The number of hydrazine groups is 1. The maximum absolute atomic E-state index is 10.5. The first-order valence-corrected chi connectivity index (χ1v) is 3.41. The normalized spacial score (nSPS) is 9.17. The molecule has 4 nitrogen and oxygen atoms in total. The van der Waals surface area contributed by atoms with Gasteiger partial charge < -0.3 is 10.2 Å². The predicted octanol–water partition coefficient (Wildman–Crippen LogP) is 0.793. The molecule has 0 aliphatic carbocycles. The van der Waals surface area contributed by atoms with E-state index in [-0.39, 0.29) is 0 Å². The number of hydrogen-bond donors (Lipinski definition) is 2. The van der Waals surface area contributed by atoms with Crippen molar-refractivity contribution in [3.63, 3.8) is 0 Å². The average Bonchev–Trinajstić information content (AvgIpc) is 2.16. The fraction of sp³-hybridized carbons (Fsp3) is 0.125. The summed E-state index contributed by atoms with van der Waals surface area (Å²) in [7, 11) is 1.51. The molecule has 0 amide bonds. The van der Waals surface area contributed by atoms with Crippen LogP contribution in [0.4, 0.5) is 5.69 Å². The van der Waals surface area contributed by atoms with Crippen LogP contribution in [0.5, 0.6) is 5.75 Å². The number of benzene rings is 1. The van der Waals surface area contributed by atoms with Gasteiger partial charge >= 0.3 is 0 Å². The number of nitrogens with one attached hydrogen (secondary N) is 1. The highest BCUT2D eigenvalue weighted by Crippen LogP contribution is 2.19. The van der Waals surface area contributed by atoms with E-state index in [9.17, 15) is 4.79 Å². The predicted molar refractivity (Wildman–Crippen MR) is 46.2 cm³/mol. The zero-order chi connectivity index (χ0) is 8.97. The van der Waals surface area contributed by atoms with Gasteiger partial charge in [0.25, 0.3) is 0 Å². The minimum Gasteiger partial charge on any atom is -0.496 e. The van der Waals surface area contributed by atoms with E-state index in [1.54, 1.807) is 18.2 Å². The van der Waals surface area contributed by atoms with Crippen molar-refractivity contribution in [2.75, 3.05) is 12.5 Å². The number of nitrogens with two attached hydrogens (primary N) is 1. The van der Waals surface area contributed by atoms with Crippen molar-refractivity contribution in [1.82, 2.24) is 0 Å². The van der Waals surface area contributed by atoms with Crippen LogP contribution in [0.2, 0.25) is 0 Å². The largest absolute Gasteiger partial charge is 0.496 e. The minimum absolute atomic E-state index is 0.480. The molecule has 0 aliphatic heterocycles. The molecule has 4 heteroatoms. The first kappa shape index (κ1) is 8.55. The molecule has 0 radical (unpaired) electrons. The third-order valence-electron chi connectivity index (χ3n) is 1.52. The standard InChI is InChI=1S/C8H10N2O2/c1-12-8-3-2-7(10-9)4-6(8)5-11/h2-5,10H,9H2,1H3. The van der Waals surface area contributed by atoms with E-state index >= 15 is 0 Å². The summed E-state index contributed by atoms with van der Waals surface area (Å²) in [6, 6.07) is 5.02. The molecule has 0 aromatic heterocycles. The Hall–Kier alpha value is -1.55. The van der Waals surface area contributed by atoms with Crippen LogP contribution in [0.25, 0.3) is 0 Å². The van der Waals surface area contributed by atoms with Crippen LogP contribution in [0, 0.1) is 0 Å². The molecule has 0 saturated heterocycles. The summed E-state index contributed by atoms with van der Waals surface area (Å²) in [6.07, 6.45) is 0.722. The topological polar surface area (TPSA) is 64.3 Å². The smallest absolute Gasteiger partial charge is 0.153 e. The van der Waals surface area contributed by atoms with E-state index in [0.717, 1.165) is 6.29 Å². The quantitative estimate of drug-likeness (QED) is 0.396. The molecule has 64 valence electrons. The number of rotatable bonds is 3. The van der Waals surface area contributed by atoms with Gasteiger partial charge in [0.1, 0.15) is 5.75 Å². The second kappa shape index (κ2) is 3.73. The molecule has 0 saturated carbocycles. The van der Waals surface area contributed by atoms with E-state index in [1.807, 2.05) is 0 Å². The number of aldehydes is 1. The van der Waals surface area contributed by atoms with Crippen molar-refractivity contribution in [2.24, 2.45) is 5.84 Å². The number of anilines is 1. The van der Waals surface area contributed by atoms with Gasteiger partial charge in [-0.1, -0.05) is 0 Å². The Balaban J connectivity index is 3.10. The maximum atomic E-state index is 10.5. The number of carbonyl (C=O) groups excluding carboxylic acids is 1. The lowest BCUT2D eigenvalue weighted by Gasteiger charge is -2.05. The van der Waals surface area contributed by atoms with Crippen LogP contribution in [0.1, 0.15) is 10.4 Å². The van der Waals surface area contributed by atoms with Crippen LogP contribution in [-0.2, 0) is 0 Å². The summed E-state index contributed by atoms with van der Waals surface area (Å²) in [5, 5.41) is 0. The van der Waals surface area contributed by atoms with Gasteiger partial charge in [-0.25, -0.2) is 0 Å². The molecule has 0 heterocycles. The monoisotopic (exact) mass is 166 g/mol. The molecule has 12 heavy (non-hydrogen) atoms. The Bertz CT molecular complexity index is 286. The van der Waals surface area contributed by atoms with Crippen molar-refractivity contribution in [3.8, 4) is 5.75 Å². The molecule has 0 fully saturated rings. The molecule has 0 aliphatic rings. The van der Waals surface area contributed by atoms with Gasteiger partial charge in [-0.3, -0.25) is 10.6 Å². The SMILES string of the molecule is COc1ccc(NN)cc1C=O. The fourth-order valence-electron chi connectivity index (χ4n) is 0.916. The van der Waals surface area contributed by atoms with Gasteiger partial charge in [-0.15, -0.1) is 0 Å². The summed E-state index contributed by atoms with van der Waals surface area (Å²) < 4.78 is 4.94. The summed E-state index contributed by atoms with van der Waals surface area (Å²) in [4.78, 5) is 10.5. The highest BCUT2D eigenvalue weighted by Gasteiger charge is 2.01. The van der Waals surface area contributed by atoms with Gasteiger partial charge in [-0.05, 0) is 18.2 Å². The Labute approximate surface area is 70.3 Å². The zero-order valence-corrected chi connectivity index (χ0v) is 6.70. The molecule has 0 atom stereocenters. The van der Waals surface area contributed by atoms with E-state index in [2.05, 4.69) is 5.43 Å². The van der Waals surface area contributed by atoms with Crippen LogP contribution in [0.3, 0.4) is 0 Å². The van der Waals surface area contributed by atoms with Crippen LogP contribution < -0.4 is 16.0 Å². The second-order valence-electron chi connectivity index (χ2n) is 2.22. The Morgan fingerprint density at radius 1 is 1.58 bits per heavy atom. The molecule has 3 N–H and O–H groups in total. The number of nitrogen functional groups attached to an aromatic ring is 1. The number of ether oxygens (including phenoxy) is 1. The highest BCUT2D eigenvalue weighted by molar-refractivity contribution is 5.81. The van der Waals surface area contributed by atoms with Gasteiger partial charge in [0.05, 0.1) is 12.7 Å². The second-order valence-corrected chi connectivity index (χ2v) is 2.22. The van der Waals surface area contributed by atoms with E-state index < -0.39 is 0 Å². The average molecular weight is 166 g/mol. The third-order valence-corrected chi connectivity index (χ3v) is 1.52. The van der Waals surface area contributed by atoms with Gasteiger partial charge in [0.2, 0.25) is 0 Å². The number of carbonyl (C=O) groups is 1. The van der Waals surface area contributed by atoms with Gasteiger partial charge in [0, 0.05) is 5.69 Å². The maximum Gasteiger partial charge on any atom is 0.153 e. The lowest BCUT2D eigenvalue weighted by Crippen LogP contribution is -2.07. The summed E-state index contributed by atoms with van der Waals surface area (Å²) in [5.74, 6) is 5.70. The van der Waals surface area contributed by atoms with Crippen molar-refractivity contribution in [3.05, 3.63) is 23.8 Å². The zero-order valence-electron chi connectivity index (χ0n) is 6.70. The van der Waals surface area contributed by atoms with Crippen molar-refractivity contribution >= 4 is 12.0 Å². The molecular formula is C8H10N2O2. The highest BCUT2D eigenvalue weighted by atomic mass is 16.5. The molecule has 1 aromatic carbocycles. The molecular weight excluding hydrogens is 156 g/mol. The number of hydrogen-bond acceptors (Lipinski definition) is 4. The summed E-state index contributed by atoms with van der Waals surface area (Å²) in [5.41, 5.74) is 3.60.